The summed E-state index contributed by atoms with van der Waals surface area (Å²) in [6, 6.07) is 6.30. The second-order valence-corrected chi connectivity index (χ2v) is 11.9. The lowest BCUT2D eigenvalue weighted by Crippen LogP contribution is -2.58. The van der Waals surface area contributed by atoms with Crippen LogP contribution in [0, 0.1) is 0 Å². The Morgan fingerprint density at radius 1 is 1.21 bits per heavy atom. The summed E-state index contributed by atoms with van der Waals surface area (Å²) in [5, 5.41) is 3.23. The Balaban J connectivity index is 1.38. The molecule has 1 aromatic carbocycles. The van der Waals surface area contributed by atoms with E-state index in [1.165, 1.54) is 22.7 Å². The van der Waals surface area contributed by atoms with E-state index < -0.39 is 16.3 Å². The van der Waals surface area contributed by atoms with Crippen molar-refractivity contribution in [1.82, 2.24) is 33.4 Å². The number of anilines is 1. The van der Waals surface area contributed by atoms with Crippen LogP contribution >= 0.6 is 11.6 Å². The first-order valence-corrected chi connectivity index (χ1v) is 14.1. The molecule has 1 saturated heterocycles. The third-order valence-electron chi connectivity index (χ3n) is 6.63. The Kier molecular flexibility index (Phi) is 7.62. The van der Waals surface area contributed by atoms with Gasteiger partial charge in [0.1, 0.15) is 17.3 Å². The number of halogens is 1. The summed E-state index contributed by atoms with van der Waals surface area (Å²) < 4.78 is 40.8. The van der Waals surface area contributed by atoms with Crippen LogP contribution in [-0.2, 0) is 15.0 Å². The number of rotatable bonds is 8. The second kappa shape index (κ2) is 11.0. The molecular weight excluding hydrogens is 548 g/mol. The molecule has 3 aromatic rings. The number of amides is 1. The molecule has 0 saturated carbocycles. The van der Waals surface area contributed by atoms with Crippen LogP contribution in [0.25, 0.3) is 5.95 Å². The van der Waals surface area contributed by atoms with Gasteiger partial charge in [0, 0.05) is 58.6 Å². The van der Waals surface area contributed by atoms with Crippen molar-refractivity contribution < 1.29 is 22.7 Å². The Morgan fingerprint density at radius 2 is 2.00 bits per heavy atom. The van der Waals surface area contributed by atoms with Gasteiger partial charge in [-0.15, -0.1) is 0 Å². The molecule has 2 aliphatic rings. The summed E-state index contributed by atoms with van der Waals surface area (Å²) in [6.07, 6.45) is 4.87. The summed E-state index contributed by atoms with van der Waals surface area (Å²) >= 11 is 6.34. The van der Waals surface area contributed by atoms with Crippen molar-refractivity contribution in [3.05, 3.63) is 53.7 Å². The molecule has 15 heteroatoms. The topological polar surface area (TPSA) is 135 Å². The van der Waals surface area contributed by atoms with Gasteiger partial charge in [-0.25, -0.2) is 9.97 Å². The first kappa shape index (κ1) is 27.1. The van der Waals surface area contributed by atoms with Crippen molar-refractivity contribution in [2.24, 2.45) is 0 Å². The number of hydrogen-bond donors (Lipinski definition) is 1. The molecule has 2 atom stereocenters. The number of hydrogen-bond acceptors (Lipinski definition) is 9. The van der Waals surface area contributed by atoms with Gasteiger partial charge in [0.05, 0.1) is 12.1 Å². The van der Waals surface area contributed by atoms with Crippen LogP contribution in [0.1, 0.15) is 24.9 Å². The maximum Gasteiger partial charge on any atom is 0.281 e. The average Bonchev–Trinajstić information content (AvgIpc) is 3.60. The molecule has 0 spiro atoms. The average molecular weight is 577 g/mol. The van der Waals surface area contributed by atoms with Crippen molar-refractivity contribution in [2.75, 3.05) is 45.4 Å². The normalized spacial score (nSPS) is 18.4. The standard InChI is InChI=1S/C24H29ClN8O5S/c1-16(17-4-5-19-20(10-17)38-15-37-19)27-23(34)11-18-13-32(39(35,36)30(2)3)8-9-33(18)22-12-21(25)28-24(29-22)31-7-6-26-14-31/h4-7,10,12,14,16,18H,8-9,11,13,15H2,1-3H3,(H,27,34). The molecule has 4 heterocycles. The zero-order chi connectivity index (χ0) is 27.7. The van der Waals surface area contributed by atoms with Crippen LogP contribution in [0.2, 0.25) is 5.15 Å². The van der Waals surface area contributed by atoms with Crippen molar-refractivity contribution in [3.8, 4) is 17.4 Å². The number of benzene rings is 1. The fraction of sp³-hybridized carbons (Fsp3) is 0.417. The van der Waals surface area contributed by atoms with E-state index in [0.717, 1.165) is 5.56 Å². The van der Waals surface area contributed by atoms with Gasteiger partial charge in [-0.2, -0.15) is 22.0 Å². The maximum absolute atomic E-state index is 13.3. The van der Waals surface area contributed by atoms with E-state index >= 15 is 0 Å². The van der Waals surface area contributed by atoms with E-state index in [1.807, 2.05) is 30.0 Å². The van der Waals surface area contributed by atoms with Crippen molar-refractivity contribution in [2.45, 2.75) is 25.4 Å². The van der Waals surface area contributed by atoms with E-state index in [1.54, 1.807) is 29.4 Å². The number of fused-ring (bicyclic) bond motifs is 1. The SMILES string of the molecule is CC(NC(=O)CC1CN(S(=O)(=O)N(C)C)CCN1c1cc(Cl)nc(-n2ccnc2)n1)c1ccc2c(c1)OCO2. The van der Waals surface area contributed by atoms with Crippen LogP contribution < -0.4 is 19.7 Å². The number of ether oxygens (including phenoxy) is 2. The second-order valence-electron chi connectivity index (χ2n) is 9.42. The van der Waals surface area contributed by atoms with Gasteiger partial charge in [-0.1, -0.05) is 17.7 Å². The molecule has 1 amide bonds. The number of imidazole rings is 1. The highest BCUT2D eigenvalue weighted by Gasteiger charge is 2.36. The van der Waals surface area contributed by atoms with E-state index in [-0.39, 0.29) is 43.4 Å². The molecule has 39 heavy (non-hydrogen) atoms. The van der Waals surface area contributed by atoms with Crippen LogP contribution in [0.3, 0.4) is 0 Å². The number of piperazine rings is 1. The quantitative estimate of drug-likeness (QED) is 0.397. The number of carbonyl (C=O) groups is 1. The molecule has 1 fully saturated rings. The predicted molar refractivity (Wildman–Crippen MR) is 143 cm³/mol. The molecule has 2 unspecified atom stereocenters. The van der Waals surface area contributed by atoms with Gasteiger partial charge in [0.15, 0.2) is 11.5 Å². The minimum absolute atomic E-state index is 0.0242. The highest BCUT2D eigenvalue weighted by atomic mass is 35.5. The lowest BCUT2D eigenvalue weighted by molar-refractivity contribution is -0.122. The third-order valence-corrected chi connectivity index (χ3v) is 8.73. The van der Waals surface area contributed by atoms with Crippen molar-refractivity contribution in [1.29, 1.82) is 0 Å². The van der Waals surface area contributed by atoms with E-state index in [4.69, 9.17) is 21.1 Å². The first-order chi connectivity index (χ1) is 18.6. The smallest absolute Gasteiger partial charge is 0.281 e. The summed E-state index contributed by atoms with van der Waals surface area (Å²) in [4.78, 5) is 28.1. The van der Waals surface area contributed by atoms with Gasteiger partial charge >= 0.3 is 0 Å². The molecular formula is C24H29ClN8O5S. The van der Waals surface area contributed by atoms with Crippen molar-refractivity contribution >= 4 is 33.5 Å². The molecule has 13 nitrogen and oxygen atoms in total. The van der Waals surface area contributed by atoms with Crippen LogP contribution in [0.15, 0.2) is 43.0 Å². The van der Waals surface area contributed by atoms with Gasteiger partial charge < -0.3 is 19.7 Å². The lowest BCUT2D eigenvalue weighted by atomic mass is 10.1. The summed E-state index contributed by atoms with van der Waals surface area (Å²) in [5.74, 6) is 1.86. The summed E-state index contributed by atoms with van der Waals surface area (Å²) in [7, 11) is -0.718. The Labute approximate surface area is 231 Å². The molecule has 2 aliphatic heterocycles. The molecule has 0 radical (unpaired) electrons. The summed E-state index contributed by atoms with van der Waals surface area (Å²) in [5.41, 5.74) is 0.859. The minimum atomic E-state index is -3.69. The number of nitrogens with zero attached hydrogens (tertiary/aromatic N) is 7. The van der Waals surface area contributed by atoms with Gasteiger partial charge in [-0.3, -0.25) is 9.36 Å². The fourth-order valence-corrected chi connectivity index (χ4v) is 5.87. The molecule has 1 N–H and O–H groups in total. The van der Waals surface area contributed by atoms with Crippen molar-refractivity contribution in [3.63, 3.8) is 0 Å². The maximum atomic E-state index is 13.3. The van der Waals surface area contributed by atoms with Gasteiger partial charge in [0.2, 0.25) is 18.6 Å². The lowest BCUT2D eigenvalue weighted by Gasteiger charge is -2.42. The largest absolute Gasteiger partial charge is 0.454 e. The fourth-order valence-electron chi connectivity index (χ4n) is 4.56. The zero-order valence-electron chi connectivity index (χ0n) is 21.7. The van der Waals surface area contributed by atoms with Crippen LogP contribution in [-0.4, -0.2) is 89.0 Å². The molecule has 208 valence electrons. The van der Waals surface area contributed by atoms with Crippen LogP contribution in [0.4, 0.5) is 5.82 Å². The highest BCUT2D eigenvalue weighted by molar-refractivity contribution is 7.86. The Bertz CT molecular complexity index is 1450. The number of aromatic nitrogens is 4. The van der Waals surface area contributed by atoms with Crippen LogP contribution in [0.5, 0.6) is 11.5 Å². The first-order valence-electron chi connectivity index (χ1n) is 12.3. The Morgan fingerprint density at radius 3 is 2.74 bits per heavy atom. The zero-order valence-corrected chi connectivity index (χ0v) is 23.3. The third kappa shape index (κ3) is 5.78. The Hall–Kier alpha value is -3.46. The molecule has 5 rings (SSSR count). The van der Waals surface area contributed by atoms with E-state index in [9.17, 15) is 13.2 Å². The number of nitrogens with one attached hydrogen (secondary N) is 1. The minimum Gasteiger partial charge on any atom is -0.454 e. The van der Waals surface area contributed by atoms with Gasteiger partial charge in [0.25, 0.3) is 10.2 Å². The predicted octanol–water partition coefficient (Wildman–Crippen LogP) is 1.61. The molecule has 2 aromatic heterocycles. The number of carbonyl (C=O) groups excluding carboxylic acids is 1. The van der Waals surface area contributed by atoms with E-state index in [2.05, 4.69) is 20.3 Å². The monoisotopic (exact) mass is 576 g/mol. The highest BCUT2D eigenvalue weighted by Crippen LogP contribution is 2.34. The molecule has 0 aliphatic carbocycles. The van der Waals surface area contributed by atoms with Gasteiger partial charge in [-0.05, 0) is 24.6 Å². The molecule has 0 bridgehead atoms. The summed E-state index contributed by atoms with van der Waals surface area (Å²) in [6.45, 7) is 2.65. The van der Waals surface area contributed by atoms with E-state index in [0.29, 0.717) is 29.8 Å².